The van der Waals surface area contributed by atoms with E-state index in [4.69, 9.17) is 11.6 Å². The Hall–Kier alpha value is -1.82. The molecule has 17 heavy (non-hydrogen) atoms. The molecule has 0 aliphatic carbocycles. The van der Waals surface area contributed by atoms with Crippen molar-refractivity contribution in [2.24, 2.45) is 0 Å². The molecule has 0 aliphatic heterocycles. The van der Waals surface area contributed by atoms with Crippen molar-refractivity contribution in [3.63, 3.8) is 0 Å². The largest absolute Gasteiger partial charge is 0.350 e. The molecule has 6 nitrogen and oxygen atoms in total. The normalized spacial score (nSPS) is 10.8. The van der Waals surface area contributed by atoms with E-state index in [-0.39, 0.29) is 18.1 Å². The molecule has 0 saturated heterocycles. The van der Waals surface area contributed by atoms with Crippen LogP contribution in [-0.2, 0) is 11.3 Å². The van der Waals surface area contributed by atoms with Gasteiger partial charge >= 0.3 is 5.69 Å². The minimum Gasteiger partial charge on any atom is -0.347 e. The van der Waals surface area contributed by atoms with Crippen LogP contribution in [0.5, 0.6) is 0 Å². The van der Waals surface area contributed by atoms with E-state index in [9.17, 15) is 9.59 Å². The summed E-state index contributed by atoms with van der Waals surface area (Å²) in [6.45, 7) is -0.0782. The SMILES string of the molecule is CN(C)C(=O)Cn1nc2ccc(Cl)cn2c1=O. The third kappa shape index (κ3) is 2.16. The highest BCUT2D eigenvalue weighted by Crippen LogP contribution is 2.07. The van der Waals surface area contributed by atoms with E-state index in [0.717, 1.165) is 4.68 Å². The summed E-state index contributed by atoms with van der Waals surface area (Å²) in [5, 5.41) is 4.48. The molecule has 2 aromatic heterocycles. The first-order valence-electron chi connectivity index (χ1n) is 4.94. The number of hydrogen-bond acceptors (Lipinski definition) is 3. The average molecular weight is 255 g/mol. The van der Waals surface area contributed by atoms with Crippen molar-refractivity contribution >= 4 is 23.2 Å². The Labute approximate surface area is 102 Å². The zero-order chi connectivity index (χ0) is 12.6. The molecular weight excluding hydrogens is 244 g/mol. The fourth-order valence-electron chi connectivity index (χ4n) is 1.37. The maximum absolute atomic E-state index is 11.9. The van der Waals surface area contributed by atoms with Crippen molar-refractivity contribution in [2.75, 3.05) is 14.1 Å². The lowest BCUT2D eigenvalue weighted by Gasteiger charge is -2.08. The van der Waals surface area contributed by atoms with Crippen LogP contribution in [0.3, 0.4) is 0 Å². The summed E-state index contributed by atoms with van der Waals surface area (Å²) in [4.78, 5) is 24.8. The zero-order valence-corrected chi connectivity index (χ0v) is 10.2. The van der Waals surface area contributed by atoms with Crippen LogP contribution in [0.4, 0.5) is 0 Å². The molecule has 0 saturated carbocycles. The average Bonchev–Trinajstić information content (AvgIpc) is 2.56. The number of halogens is 1. The first kappa shape index (κ1) is 11.7. The summed E-state index contributed by atoms with van der Waals surface area (Å²) in [6.07, 6.45) is 1.48. The highest BCUT2D eigenvalue weighted by Gasteiger charge is 2.11. The summed E-state index contributed by atoms with van der Waals surface area (Å²) in [7, 11) is 3.25. The Morgan fingerprint density at radius 1 is 1.47 bits per heavy atom. The van der Waals surface area contributed by atoms with Gasteiger partial charge < -0.3 is 4.90 Å². The smallest absolute Gasteiger partial charge is 0.347 e. The van der Waals surface area contributed by atoms with Crippen molar-refractivity contribution in [1.82, 2.24) is 19.1 Å². The fraction of sp³-hybridized carbons (Fsp3) is 0.300. The second-order valence-electron chi connectivity index (χ2n) is 3.80. The van der Waals surface area contributed by atoms with Gasteiger partial charge in [0.15, 0.2) is 5.65 Å². The lowest BCUT2D eigenvalue weighted by Crippen LogP contribution is -2.31. The number of amides is 1. The van der Waals surface area contributed by atoms with Crippen molar-refractivity contribution in [2.45, 2.75) is 6.54 Å². The number of hydrogen-bond donors (Lipinski definition) is 0. The van der Waals surface area contributed by atoms with Crippen molar-refractivity contribution in [1.29, 1.82) is 0 Å². The number of pyridine rings is 1. The minimum absolute atomic E-state index is 0.0782. The number of carbonyl (C=O) groups is 1. The molecule has 0 aliphatic rings. The van der Waals surface area contributed by atoms with Crippen molar-refractivity contribution < 1.29 is 4.79 Å². The number of rotatable bonds is 2. The quantitative estimate of drug-likeness (QED) is 0.771. The van der Waals surface area contributed by atoms with Gasteiger partial charge in [0.2, 0.25) is 5.91 Å². The maximum atomic E-state index is 11.9. The summed E-state index contributed by atoms with van der Waals surface area (Å²) in [5.74, 6) is -0.193. The standard InChI is InChI=1S/C10H11ClN4O2/c1-13(2)9(16)6-15-10(17)14-5-7(11)3-4-8(14)12-15/h3-5H,6H2,1-2H3. The van der Waals surface area contributed by atoms with Gasteiger partial charge in [-0.25, -0.2) is 13.9 Å². The van der Waals surface area contributed by atoms with Crippen LogP contribution in [0, 0.1) is 0 Å². The third-order valence-electron chi connectivity index (χ3n) is 2.32. The van der Waals surface area contributed by atoms with E-state index in [2.05, 4.69) is 5.10 Å². The molecule has 0 aromatic carbocycles. The van der Waals surface area contributed by atoms with Crippen molar-refractivity contribution in [3.05, 3.63) is 33.8 Å². The Morgan fingerprint density at radius 3 is 2.82 bits per heavy atom. The topological polar surface area (TPSA) is 59.6 Å². The number of fused-ring (bicyclic) bond motifs is 1. The number of nitrogens with zero attached hydrogens (tertiary/aromatic N) is 4. The van der Waals surface area contributed by atoms with Gasteiger partial charge in [0.05, 0.1) is 5.02 Å². The van der Waals surface area contributed by atoms with Gasteiger partial charge in [-0.05, 0) is 12.1 Å². The Balaban J connectivity index is 2.46. The molecule has 7 heteroatoms. The summed E-state index contributed by atoms with van der Waals surface area (Å²) >= 11 is 5.78. The highest BCUT2D eigenvalue weighted by atomic mass is 35.5. The molecule has 0 spiro atoms. The molecule has 2 aromatic rings. The fourth-order valence-corrected chi connectivity index (χ4v) is 1.53. The molecule has 2 heterocycles. The van der Waals surface area contributed by atoms with E-state index < -0.39 is 0 Å². The maximum Gasteiger partial charge on any atom is 0.350 e. The molecule has 0 N–H and O–H groups in total. The molecule has 0 unspecified atom stereocenters. The first-order chi connectivity index (χ1) is 7.99. The van der Waals surface area contributed by atoms with Gasteiger partial charge in [0.25, 0.3) is 0 Å². The van der Waals surface area contributed by atoms with E-state index in [1.54, 1.807) is 26.2 Å². The van der Waals surface area contributed by atoms with E-state index in [1.807, 2.05) is 0 Å². The molecule has 0 fully saturated rings. The number of likely N-dealkylation sites (N-methyl/N-ethyl adjacent to an activating group) is 1. The van der Waals surface area contributed by atoms with Crippen LogP contribution in [0.2, 0.25) is 5.02 Å². The molecular formula is C10H11ClN4O2. The molecule has 90 valence electrons. The monoisotopic (exact) mass is 254 g/mol. The Morgan fingerprint density at radius 2 is 2.18 bits per heavy atom. The van der Waals surface area contributed by atoms with E-state index in [0.29, 0.717) is 10.7 Å². The second kappa shape index (κ2) is 4.21. The van der Waals surface area contributed by atoms with Gasteiger partial charge in [-0.2, -0.15) is 0 Å². The molecule has 0 radical (unpaired) electrons. The van der Waals surface area contributed by atoms with Gasteiger partial charge in [-0.3, -0.25) is 4.79 Å². The summed E-state index contributed by atoms with van der Waals surface area (Å²) in [5.41, 5.74) is 0.0867. The van der Waals surface area contributed by atoms with Crippen LogP contribution in [-0.4, -0.2) is 39.1 Å². The molecule has 1 amide bonds. The molecule has 0 atom stereocenters. The molecule has 2 rings (SSSR count). The summed E-state index contributed by atoms with van der Waals surface area (Å²) in [6, 6.07) is 3.27. The Kier molecular flexibility index (Phi) is 2.89. The van der Waals surface area contributed by atoms with Crippen LogP contribution >= 0.6 is 11.6 Å². The van der Waals surface area contributed by atoms with Crippen LogP contribution in [0.15, 0.2) is 23.1 Å². The zero-order valence-electron chi connectivity index (χ0n) is 9.42. The van der Waals surface area contributed by atoms with Gasteiger partial charge in [-0.1, -0.05) is 11.6 Å². The number of aromatic nitrogens is 3. The van der Waals surface area contributed by atoms with Crippen LogP contribution in [0.25, 0.3) is 5.65 Å². The van der Waals surface area contributed by atoms with Crippen LogP contribution in [0.1, 0.15) is 0 Å². The lowest BCUT2D eigenvalue weighted by molar-refractivity contribution is -0.129. The van der Waals surface area contributed by atoms with Gasteiger partial charge in [0.1, 0.15) is 6.54 Å². The minimum atomic E-state index is -0.377. The van der Waals surface area contributed by atoms with Crippen LogP contribution < -0.4 is 5.69 Å². The molecule has 0 bridgehead atoms. The third-order valence-corrected chi connectivity index (χ3v) is 2.55. The predicted molar refractivity (Wildman–Crippen MR) is 63.2 cm³/mol. The second-order valence-corrected chi connectivity index (χ2v) is 4.24. The lowest BCUT2D eigenvalue weighted by atomic mass is 10.5. The van der Waals surface area contributed by atoms with Gasteiger partial charge in [-0.15, -0.1) is 5.10 Å². The number of carbonyl (C=O) groups excluding carboxylic acids is 1. The highest BCUT2D eigenvalue weighted by molar-refractivity contribution is 6.30. The Bertz CT molecular complexity index is 629. The summed E-state index contributed by atoms with van der Waals surface area (Å²) < 4.78 is 2.43. The van der Waals surface area contributed by atoms with Crippen molar-refractivity contribution in [3.8, 4) is 0 Å². The first-order valence-corrected chi connectivity index (χ1v) is 5.31. The predicted octanol–water partition coefficient (Wildman–Crippen LogP) is 0.238. The van der Waals surface area contributed by atoms with E-state index >= 15 is 0 Å². The van der Waals surface area contributed by atoms with Gasteiger partial charge in [0, 0.05) is 20.3 Å². The van der Waals surface area contributed by atoms with E-state index in [1.165, 1.54) is 15.5 Å².